The lowest BCUT2D eigenvalue weighted by Gasteiger charge is -2.12. The van der Waals surface area contributed by atoms with E-state index in [9.17, 15) is 4.79 Å². The van der Waals surface area contributed by atoms with Crippen molar-refractivity contribution in [1.29, 1.82) is 0 Å². The van der Waals surface area contributed by atoms with Crippen molar-refractivity contribution in [2.24, 2.45) is 5.73 Å². The van der Waals surface area contributed by atoms with E-state index < -0.39 is 5.91 Å². The Kier molecular flexibility index (Phi) is 4.95. The van der Waals surface area contributed by atoms with E-state index in [4.69, 9.17) is 5.73 Å². The molecule has 0 spiro atoms. The summed E-state index contributed by atoms with van der Waals surface area (Å²) in [6.45, 7) is 1.74. The summed E-state index contributed by atoms with van der Waals surface area (Å²) < 4.78 is 0. The van der Waals surface area contributed by atoms with E-state index in [0.717, 1.165) is 11.3 Å². The van der Waals surface area contributed by atoms with Crippen LogP contribution in [-0.4, -0.2) is 27.1 Å². The second-order valence-corrected chi connectivity index (χ2v) is 6.08. The van der Waals surface area contributed by atoms with Gasteiger partial charge in [0.2, 0.25) is 0 Å². The fourth-order valence-electron chi connectivity index (χ4n) is 2.41. The predicted molar refractivity (Wildman–Crippen MR) is 100 cm³/mol. The third-order valence-corrected chi connectivity index (χ3v) is 4.14. The van der Waals surface area contributed by atoms with Crippen LogP contribution >= 0.6 is 11.8 Å². The molecule has 3 rings (SSSR count). The maximum absolute atomic E-state index is 11.8. The van der Waals surface area contributed by atoms with Crippen molar-refractivity contribution in [1.82, 2.24) is 15.0 Å². The van der Waals surface area contributed by atoms with Crippen LogP contribution in [-0.2, 0) is 0 Å². The van der Waals surface area contributed by atoms with Gasteiger partial charge in [-0.3, -0.25) is 9.78 Å². The van der Waals surface area contributed by atoms with Crippen molar-refractivity contribution in [2.75, 3.05) is 11.6 Å². The molecule has 0 saturated carbocycles. The highest BCUT2D eigenvalue weighted by molar-refractivity contribution is 7.98. The highest BCUT2D eigenvalue weighted by Crippen LogP contribution is 2.24. The molecule has 3 N–H and O–H groups in total. The first-order valence-electron chi connectivity index (χ1n) is 7.59. The molecule has 3 aromatic rings. The van der Waals surface area contributed by atoms with Gasteiger partial charge < -0.3 is 11.1 Å². The van der Waals surface area contributed by atoms with Crippen LogP contribution in [0.4, 0.5) is 11.5 Å². The molecule has 0 bridgehead atoms. The summed E-state index contributed by atoms with van der Waals surface area (Å²) in [5.41, 5.74) is 8.92. The zero-order valence-electron chi connectivity index (χ0n) is 13.9. The molecule has 0 aliphatic heterocycles. The lowest BCUT2D eigenvalue weighted by Crippen LogP contribution is -2.17. The Labute approximate surface area is 149 Å². The number of nitrogens with zero attached hydrogens (tertiary/aromatic N) is 3. The maximum atomic E-state index is 11.8. The van der Waals surface area contributed by atoms with Crippen LogP contribution in [0.25, 0.3) is 11.3 Å². The van der Waals surface area contributed by atoms with Gasteiger partial charge in [-0.25, -0.2) is 9.97 Å². The van der Waals surface area contributed by atoms with E-state index in [1.807, 2.05) is 48.7 Å². The van der Waals surface area contributed by atoms with Gasteiger partial charge in [0.05, 0.1) is 23.3 Å². The van der Waals surface area contributed by atoms with E-state index in [1.54, 1.807) is 13.1 Å². The van der Waals surface area contributed by atoms with Gasteiger partial charge in [0, 0.05) is 5.56 Å². The molecule has 2 aromatic heterocycles. The molecule has 0 fully saturated rings. The van der Waals surface area contributed by atoms with Crippen molar-refractivity contribution >= 4 is 29.2 Å². The Morgan fingerprint density at radius 1 is 1.12 bits per heavy atom. The number of hydrogen-bond donors (Lipinski definition) is 2. The Morgan fingerprint density at radius 2 is 1.88 bits per heavy atom. The summed E-state index contributed by atoms with van der Waals surface area (Å²) in [4.78, 5) is 24.8. The highest BCUT2D eigenvalue weighted by Gasteiger charge is 2.16. The van der Waals surface area contributed by atoms with E-state index >= 15 is 0 Å². The van der Waals surface area contributed by atoms with Gasteiger partial charge in [-0.05, 0) is 25.3 Å². The van der Waals surface area contributed by atoms with Gasteiger partial charge >= 0.3 is 0 Å². The molecule has 2 heterocycles. The van der Waals surface area contributed by atoms with Gasteiger partial charge in [-0.2, -0.15) is 0 Å². The minimum absolute atomic E-state index is 0.282. The van der Waals surface area contributed by atoms with Crippen LogP contribution in [0, 0.1) is 6.92 Å². The first kappa shape index (κ1) is 16.9. The maximum Gasteiger partial charge on any atom is 0.254 e. The number of benzene rings is 1. The van der Waals surface area contributed by atoms with Crippen molar-refractivity contribution in [3.63, 3.8) is 0 Å². The smallest absolute Gasteiger partial charge is 0.254 e. The molecule has 0 unspecified atom stereocenters. The molecule has 126 valence electrons. The summed E-state index contributed by atoms with van der Waals surface area (Å²) >= 11 is 1.40. The van der Waals surface area contributed by atoms with Crippen molar-refractivity contribution in [3.8, 4) is 11.3 Å². The molecule has 1 aromatic carbocycles. The number of hydrogen-bond acceptors (Lipinski definition) is 6. The molecule has 7 heteroatoms. The first-order valence-corrected chi connectivity index (χ1v) is 8.82. The summed E-state index contributed by atoms with van der Waals surface area (Å²) in [5.74, 6) is -0.180. The number of nitrogens with two attached hydrogens (primary N) is 1. The molecule has 0 atom stereocenters. The van der Waals surface area contributed by atoms with Crippen LogP contribution in [0.3, 0.4) is 0 Å². The normalized spacial score (nSPS) is 10.5. The third-order valence-electron chi connectivity index (χ3n) is 3.59. The van der Waals surface area contributed by atoms with E-state index in [-0.39, 0.29) is 5.56 Å². The molecule has 0 radical (unpaired) electrons. The van der Waals surface area contributed by atoms with Crippen molar-refractivity contribution < 1.29 is 4.79 Å². The Morgan fingerprint density at radius 3 is 2.48 bits per heavy atom. The van der Waals surface area contributed by atoms with Crippen LogP contribution in [0.1, 0.15) is 16.1 Å². The Bertz CT molecular complexity index is 897. The molecule has 25 heavy (non-hydrogen) atoms. The molecule has 0 saturated heterocycles. The summed E-state index contributed by atoms with van der Waals surface area (Å²) in [6.07, 6.45) is 3.57. The van der Waals surface area contributed by atoms with Crippen LogP contribution in [0.5, 0.6) is 0 Å². The topological polar surface area (TPSA) is 93.8 Å². The number of pyridine rings is 1. The van der Waals surface area contributed by atoms with Crippen molar-refractivity contribution in [3.05, 3.63) is 59.9 Å². The van der Waals surface area contributed by atoms with E-state index in [1.165, 1.54) is 11.8 Å². The fraction of sp³-hybridized carbons (Fsp3) is 0.111. The number of primary amides is 1. The average Bonchev–Trinajstić information content (AvgIpc) is 2.62. The molecular formula is C18H17N5OS. The number of rotatable bonds is 5. The standard InChI is InChI=1S/C18H17N5OS/c1-11-15(16(19)24)17(23-18(21-11)25-2)22-13-8-9-14(20-10-13)12-6-4-3-5-7-12/h3-10H,1-2H3,(H2,19,24)(H,21,22,23). The fourth-order valence-corrected chi connectivity index (χ4v) is 2.82. The van der Waals surface area contributed by atoms with E-state index in [0.29, 0.717) is 22.4 Å². The van der Waals surface area contributed by atoms with Gasteiger partial charge in [0.15, 0.2) is 5.16 Å². The van der Waals surface area contributed by atoms with Crippen LogP contribution in [0.2, 0.25) is 0 Å². The van der Waals surface area contributed by atoms with Crippen molar-refractivity contribution in [2.45, 2.75) is 12.1 Å². The number of nitrogens with one attached hydrogen (secondary N) is 1. The Hall–Kier alpha value is -2.93. The number of anilines is 2. The number of thioether (sulfide) groups is 1. The molecule has 6 nitrogen and oxygen atoms in total. The van der Waals surface area contributed by atoms with E-state index in [2.05, 4.69) is 20.3 Å². The number of aromatic nitrogens is 3. The molecule has 1 amide bonds. The van der Waals surface area contributed by atoms with Gasteiger partial charge in [-0.1, -0.05) is 42.1 Å². The SMILES string of the molecule is CSc1nc(C)c(C(N)=O)c(Nc2ccc(-c3ccccc3)nc2)n1. The zero-order valence-corrected chi connectivity index (χ0v) is 14.7. The van der Waals surface area contributed by atoms with Crippen LogP contribution < -0.4 is 11.1 Å². The quantitative estimate of drug-likeness (QED) is 0.540. The molecule has 0 aliphatic carbocycles. The third kappa shape index (κ3) is 3.77. The highest BCUT2D eigenvalue weighted by atomic mass is 32.2. The zero-order chi connectivity index (χ0) is 17.8. The summed E-state index contributed by atoms with van der Waals surface area (Å²) in [7, 11) is 0. The lowest BCUT2D eigenvalue weighted by atomic mass is 10.1. The first-order chi connectivity index (χ1) is 12.1. The summed E-state index contributed by atoms with van der Waals surface area (Å²) in [5, 5.41) is 3.69. The number of amides is 1. The van der Waals surface area contributed by atoms with Gasteiger partial charge in [0.25, 0.3) is 5.91 Å². The minimum atomic E-state index is -0.568. The average molecular weight is 351 g/mol. The van der Waals surface area contributed by atoms with Gasteiger partial charge in [0.1, 0.15) is 11.4 Å². The van der Waals surface area contributed by atoms with Gasteiger partial charge in [-0.15, -0.1) is 0 Å². The lowest BCUT2D eigenvalue weighted by molar-refractivity contribution is 0.0999. The largest absolute Gasteiger partial charge is 0.365 e. The van der Waals surface area contributed by atoms with Crippen LogP contribution in [0.15, 0.2) is 53.8 Å². The molecule has 0 aliphatic rings. The number of carbonyl (C=O) groups is 1. The Balaban J connectivity index is 1.92. The minimum Gasteiger partial charge on any atom is -0.365 e. The molecular weight excluding hydrogens is 334 g/mol. The number of aryl methyl sites for hydroxylation is 1. The summed E-state index contributed by atoms with van der Waals surface area (Å²) in [6, 6.07) is 13.7. The predicted octanol–water partition coefficient (Wildman–Crippen LogP) is 3.41. The monoisotopic (exact) mass is 351 g/mol. The second-order valence-electron chi connectivity index (χ2n) is 5.31. The number of carbonyl (C=O) groups excluding carboxylic acids is 1. The second kappa shape index (κ2) is 7.31.